The molecule has 0 radical (unpaired) electrons. The molecule has 0 aliphatic carbocycles. The minimum Gasteiger partial charge on any atom is -0.366 e. The van der Waals surface area contributed by atoms with Crippen LogP contribution in [0.3, 0.4) is 0 Å². The third kappa shape index (κ3) is 3.67. The van der Waals surface area contributed by atoms with E-state index in [1.165, 1.54) is 11.8 Å². The van der Waals surface area contributed by atoms with Gasteiger partial charge in [0.25, 0.3) is 0 Å². The predicted octanol–water partition coefficient (Wildman–Crippen LogP) is -0.328. The van der Waals surface area contributed by atoms with Crippen molar-refractivity contribution in [2.45, 2.75) is 40.2 Å². The van der Waals surface area contributed by atoms with Crippen molar-refractivity contribution in [2.24, 2.45) is 5.41 Å². The van der Waals surface area contributed by atoms with Gasteiger partial charge in [0.15, 0.2) is 12.5 Å². The van der Waals surface area contributed by atoms with Crippen LogP contribution in [0, 0.1) is 5.41 Å². The van der Waals surface area contributed by atoms with E-state index in [9.17, 15) is 14.7 Å². The van der Waals surface area contributed by atoms with E-state index in [-0.39, 0.29) is 24.9 Å². The fourth-order valence-electron chi connectivity index (χ4n) is 1.52. The molecule has 1 saturated heterocycles. The lowest BCUT2D eigenvalue weighted by atomic mass is 9.96. The monoisotopic (exact) mass is 244 g/mol. The molecule has 1 rings (SSSR count). The van der Waals surface area contributed by atoms with Crippen LogP contribution in [-0.2, 0) is 14.3 Å². The molecule has 2 unspecified atom stereocenters. The molecular weight excluding hydrogens is 224 g/mol. The number of carbonyl (C=O) groups is 2. The molecule has 0 aromatic heterocycles. The molecule has 2 amide bonds. The van der Waals surface area contributed by atoms with Gasteiger partial charge in [-0.25, -0.2) is 0 Å². The molecule has 2 atom stereocenters. The Hall–Kier alpha value is -1.14. The van der Waals surface area contributed by atoms with Crippen LogP contribution in [-0.4, -0.2) is 47.4 Å². The van der Waals surface area contributed by atoms with Gasteiger partial charge in [-0.05, 0) is 0 Å². The highest BCUT2D eigenvalue weighted by Crippen LogP contribution is 2.16. The smallest absolute Gasteiger partial charge is 0.225 e. The van der Waals surface area contributed by atoms with E-state index in [0.29, 0.717) is 0 Å². The van der Waals surface area contributed by atoms with Crippen LogP contribution >= 0.6 is 0 Å². The molecule has 0 saturated carbocycles. The summed E-state index contributed by atoms with van der Waals surface area (Å²) in [5, 5.41) is 12.0. The summed E-state index contributed by atoms with van der Waals surface area (Å²) in [4.78, 5) is 24.3. The minimum atomic E-state index is -0.976. The van der Waals surface area contributed by atoms with Crippen molar-refractivity contribution in [1.82, 2.24) is 10.2 Å². The van der Waals surface area contributed by atoms with Gasteiger partial charge in [0.1, 0.15) is 0 Å². The Kier molecular flexibility index (Phi) is 4.11. The molecule has 1 aliphatic rings. The highest BCUT2D eigenvalue weighted by Gasteiger charge is 2.34. The molecule has 0 aromatic carbocycles. The van der Waals surface area contributed by atoms with Crippen molar-refractivity contribution in [1.29, 1.82) is 0 Å². The second-order valence-corrected chi connectivity index (χ2v) is 5.18. The molecular formula is C11H20N2O4. The van der Waals surface area contributed by atoms with Gasteiger partial charge in [-0.1, -0.05) is 20.8 Å². The van der Waals surface area contributed by atoms with E-state index in [2.05, 4.69) is 5.32 Å². The molecule has 0 spiro atoms. The molecule has 17 heavy (non-hydrogen) atoms. The molecule has 1 aliphatic heterocycles. The second kappa shape index (κ2) is 5.01. The van der Waals surface area contributed by atoms with Gasteiger partial charge in [0.05, 0.1) is 13.1 Å². The van der Waals surface area contributed by atoms with Crippen LogP contribution in [0.1, 0.15) is 27.7 Å². The molecule has 2 N–H and O–H groups in total. The molecule has 98 valence electrons. The summed E-state index contributed by atoms with van der Waals surface area (Å²) >= 11 is 0. The minimum absolute atomic E-state index is 0.119. The Labute approximate surface area is 101 Å². The molecule has 0 aromatic rings. The topological polar surface area (TPSA) is 78.9 Å². The zero-order valence-corrected chi connectivity index (χ0v) is 10.7. The van der Waals surface area contributed by atoms with E-state index >= 15 is 0 Å². The number of nitrogens with one attached hydrogen (secondary N) is 1. The number of ether oxygens (including phenoxy) is 1. The van der Waals surface area contributed by atoms with Gasteiger partial charge >= 0.3 is 0 Å². The average molecular weight is 244 g/mol. The van der Waals surface area contributed by atoms with Gasteiger partial charge in [0.2, 0.25) is 11.8 Å². The normalized spacial score (nSPS) is 24.9. The van der Waals surface area contributed by atoms with Crippen molar-refractivity contribution in [3.63, 3.8) is 0 Å². The zero-order valence-electron chi connectivity index (χ0n) is 10.7. The van der Waals surface area contributed by atoms with Crippen LogP contribution in [0.4, 0.5) is 0 Å². The number of hydrogen-bond acceptors (Lipinski definition) is 4. The fraction of sp³-hybridized carbons (Fsp3) is 0.818. The first kappa shape index (κ1) is 13.9. The van der Waals surface area contributed by atoms with E-state index < -0.39 is 17.9 Å². The largest absolute Gasteiger partial charge is 0.366 e. The lowest BCUT2D eigenvalue weighted by Gasteiger charge is -2.24. The van der Waals surface area contributed by atoms with E-state index in [4.69, 9.17) is 4.74 Å². The Morgan fingerprint density at radius 1 is 1.47 bits per heavy atom. The maximum atomic E-state index is 11.6. The quantitative estimate of drug-likeness (QED) is 0.697. The lowest BCUT2D eigenvalue weighted by molar-refractivity contribution is -0.139. The number of nitrogens with zero attached hydrogens (tertiary/aromatic N) is 1. The molecule has 0 bridgehead atoms. The summed E-state index contributed by atoms with van der Waals surface area (Å²) in [5.74, 6) is -0.303. The third-order valence-electron chi connectivity index (χ3n) is 2.54. The van der Waals surface area contributed by atoms with Crippen molar-refractivity contribution < 1.29 is 19.4 Å². The first-order valence-corrected chi connectivity index (χ1v) is 5.61. The van der Waals surface area contributed by atoms with Crippen LogP contribution < -0.4 is 5.32 Å². The van der Waals surface area contributed by atoms with Crippen molar-refractivity contribution in [3.8, 4) is 0 Å². The lowest BCUT2D eigenvalue weighted by Crippen LogP contribution is -2.45. The number of carbonyl (C=O) groups excluding carboxylic acids is 2. The summed E-state index contributed by atoms with van der Waals surface area (Å²) < 4.78 is 5.14. The van der Waals surface area contributed by atoms with Crippen molar-refractivity contribution in [3.05, 3.63) is 0 Å². The van der Waals surface area contributed by atoms with Crippen LogP contribution in [0.25, 0.3) is 0 Å². The second-order valence-electron chi connectivity index (χ2n) is 5.18. The first-order chi connectivity index (χ1) is 7.71. The van der Waals surface area contributed by atoms with Gasteiger partial charge in [0, 0.05) is 12.3 Å². The van der Waals surface area contributed by atoms with E-state index in [1.54, 1.807) is 20.8 Å². The number of aliphatic hydroxyl groups is 1. The number of β-amino-alcohol motifs (C(OH)–C–C–N with tert-alkyl or cyclic N) is 1. The molecule has 6 nitrogen and oxygen atoms in total. The summed E-state index contributed by atoms with van der Waals surface area (Å²) in [5.41, 5.74) is -0.488. The van der Waals surface area contributed by atoms with Crippen LogP contribution in [0.2, 0.25) is 0 Å². The number of aliphatic hydroxyl groups excluding tert-OH is 1. The maximum absolute atomic E-state index is 11.6. The maximum Gasteiger partial charge on any atom is 0.225 e. The Morgan fingerprint density at radius 2 is 2.06 bits per heavy atom. The summed E-state index contributed by atoms with van der Waals surface area (Å²) in [6.07, 6.45) is -1.57. The number of rotatable bonds is 2. The molecule has 6 heteroatoms. The fourth-order valence-corrected chi connectivity index (χ4v) is 1.52. The first-order valence-electron chi connectivity index (χ1n) is 5.61. The third-order valence-corrected chi connectivity index (χ3v) is 2.54. The highest BCUT2D eigenvalue weighted by molar-refractivity contribution is 5.81. The van der Waals surface area contributed by atoms with Crippen LogP contribution in [0.5, 0.6) is 0 Å². The molecule has 1 fully saturated rings. The Balaban J connectivity index is 2.51. The Morgan fingerprint density at radius 3 is 2.53 bits per heavy atom. The van der Waals surface area contributed by atoms with Crippen LogP contribution in [0.15, 0.2) is 0 Å². The average Bonchev–Trinajstić information content (AvgIpc) is 2.54. The number of hydrogen-bond donors (Lipinski definition) is 2. The van der Waals surface area contributed by atoms with Gasteiger partial charge in [-0.3, -0.25) is 9.59 Å². The van der Waals surface area contributed by atoms with Gasteiger partial charge < -0.3 is 20.1 Å². The van der Waals surface area contributed by atoms with Gasteiger partial charge in [-0.15, -0.1) is 0 Å². The zero-order chi connectivity index (χ0) is 13.2. The standard InChI is InChI=1S/C11H20N2O4/c1-7(14)13-6-9(15)17-8(13)5-12-10(16)11(2,3)4/h8-9,15H,5-6H2,1-4H3,(H,12,16). The molecule has 1 heterocycles. The summed E-state index contributed by atoms with van der Waals surface area (Å²) in [6, 6.07) is 0. The van der Waals surface area contributed by atoms with E-state index in [1.807, 2.05) is 0 Å². The summed E-state index contributed by atoms with van der Waals surface area (Å²) in [7, 11) is 0. The predicted molar refractivity (Wildman–Crippen MR) is 60.7 cm³/mol. The highest BCUT2D eigenvalue weighted by atomic mass is 16.6. The summed E-state index contributed by atoms with van der Waals surface area (Å²) in [6.45, 7) is 7.14. The SMILES string of the molecule is CC(=O)N1CC(O)OC1CNC(=O)C(C)(C)C. The van der Waals surface area contributed by atoms with Crippen molar-refractivity contribution >= 4 is 11.8 Å². The van der Waals surface area contributed by atoms with Crippen molar-refractivity contribution in [2.75, 3.05) is 13.1 Å². The Bertz CT molecular complexity index is 311. The number of amides is 2. The van der Waals surface area contributed by atoms with Gasteiger partial charge in [-0.2, -0.15) is 0 Å². The van der Waals surface area contributed by atoms with E-state index in [0.717, 1.165) is 0 Å².